The van der Waals surface area contributed by atoms with Gasteiger partial charge >= 0.3 is 0 Å². The van der Waals surface area contributed by atoms with Crippen LogP contribution in [0.1, 0.15) is 41.3 Å². The number of benzene rings is 2. The van der Waals surface area contributed by atoms with E-state index in [1.54, 1.807) is 23.1 Å². The van der Waals surface area contributed by atoms with E-state index in [-0.39, 0.29) is 37.4 Å². The molecular formula is C26H30N2O6. The molecule has 34 heavy (non-hydrogen) atoms. The maximum absolute atomic E-state index is 12.9. The van der Waals surface area contributed by atoms with Crippen LogP contribution in [0.5, 0.6) is 11.5 Å². The molecule has 0 aromatic heterocycles. The molecule has 4 rings (SSSR count). The summed E-state index contributed by atoms with van der Waals surface area (Å²) in [6.45, 7) is 7.86. The SMILES string of the molecule is Cc1cc(OCC(=O)c2ccc3c(c2)N(CC(=O)N2CCOCC2)C(=O)CO3)ccc1C(C)C. The van der Waals surface area contributed by atoms with Gasteiger partial charge in [-0.3, -0.25) is 19.3 Å². The third kappa shape index (κ3) is 5.22. The lowest BCUT2D eigenvalue weighted by atomic mass is 9.98. The molecule has 0 spiro atoms. The molecule has 0 unspecified atom stereocenters. The Balaban J connectivity index is 1.46. The molecule has 2 aliphatic rings. The van der Waals surface area contributed by atoms with Crippen LogP contribution in [0.25, 0.3) is 0 Å². The molecule has 2 aromatic rings. The highest BCUT2D eigenvalue weighted by Gasteiger charge is 2.30. The zero-order valence-corrected chi connectivity index (χ0v) is 19.8. The Morgan fingerprint density at radius 1 is 1.09 bits per heavy atom. The second-order valence-electron chi connectivity index (χ2n) is 8.83. The van der Waals surface area contributed by atoms with Crippen molar-refractivity contribution in [2.45, 2.75) is 26.7 Å². The summed E-state index contributed by atoms with van der Waals surface area (Å²) in [5, 5.41) is 0. The molecule has 0 N–H and O–H groups in total. The van der Waals surface area contributed by atoms with Crippen LogP contribution >= 0.6 is 0 Å². The predicted molar refractivity (Wildman–Crippen MR) is 127 cm³/mol. The number of rotatable bonds is 7. The summed E-state index contributed by atoms with van der Waals surface area (Å²) >= 11 is 0. The van der Waals surface area contributed by atoms with Crippen LogP contribution in [0.15, 0.2) is 36.4 Å². The van der Waals surface area contributed by atoms with Crippen molar-refractivity contribution in [1.82, 2.24) is 4.90 Å². The van der Waals surface area contributed by atoms with E-state index in [2.05, 4.69) is 13.8 Å². The van der Waals surface area contributed by atoms with Gasteiger partial charge in [-0.1, -0.05) is 19.9 Å². The molecule has 0 saturated carbocycles. The summed E-state index contributed by atoms with van der Waals surface area (Å²) in [5.41, 5.74) is 3.16. The highest BCUT2D eigenvalue weighted by Crippen LogP contribution is 2.33. The normalized spacial score (nSPS) is 15.7. The Bertz CT molecular complexity index is 1090. The van der Waals surface area contributed by atoms with E-state index in [1.165, 1.54) is 10.5 Å². The van der Waals surface area contributed by atoms with Crippen molar-refractivity contribution in [2.75, 3.05) is 51.0 Å². The molecule has 1 saturated heterocycles. The van der Waals surface area contributed by atoms with E-state index < -0.39 is 0 Å². The first kappa shape index (κ1) is 23.8. The summed E-state index contributed by atoms with van der Waals surface area (Å²) in [5.74, 6) is 0.789. The molecule has 2 amide bonds. The number of amides is 2. The van der Waals surface area contributed by atoms with Crippen LogP contribution in [0.2, 0.25) is 0 Å². The minimum atomic E-state index is -0.323. The van der Waals surface area contributed by atoms with Gasteiger partial charge in [0.1, 0.15) is 18.0 Å². The highest BCUT2D eigenvalue weighted by molar-refractivity contribution is 6.04. The van der Waals surface area contributed by atoms with Crippen molar-refractivity contribution in [2.24, 2.45) is 0 Å². The number of hydrogen-bond acceptors (Lipinski definition) is 6. The third-order valence-electron chi connectivity index (χ3n) is 6.11. The summed E-state index contributed by atoms with van der Waals surface area (Å²) in [6.07, 6.45) is 0. The van der Waals surface area contributed by atoms with Gasteiger partial charge in [0.15, 0.2) is 19.0 Å². The second-order valence-corrected chi connectivity index (χ2v) is 8.83. The van der Waals surface area contributed by atoms with E-state index in [1.807, 2.05) is 25.1 Å². The van der Waals surface area contributed by atoms with Gasteiger partial charge < -0.3 is 19.1 Å². The number of ether oxygens (including phenoxy) is 3. The number of aryl methyl sites for hydroxylation is 1. The first-order valence-electron chi connectivity index (χ1n) is 11.5. The summed E-state index contributed by atoms with van der Waals surface area (Å²) in [6, 6.07) is 10.7. The molecule has 0 radical (unpaired) electrons. The lowest BCUT2D eigenvalue weighted by molar-refractivity contribution is -0.135. The predicted octanol–water partition coefficient (Wildman–Crippen LogP) is 2.96. The number of hydrogen-bond donors (Lipinski definition) is 0. The molecule has 180 valence electrons. The molecular weight excluding hydrogens is 436 g/mol. The zero-order valence-electron chi connectivity index (χ0n) is 19.8. The molecule has 2 aromatic carbocycles. The number of anilines is 1. The summed E-state index contributed by atoms with van der Waals surface area (Å²) in [7, 11) is 0. The van der Waals surface area contributed by atoms with Crippen LogP contribution in [0.3, 0.4) is 0 Å². The summed E-state index contributed by atoms with van der Waals surface area (Å²) < 4.78 is 16.6. The van der Waals surface area contributed by atoms with E-state index in [0.717, 1.165) is 5.56 Å². The number of carbonyl (C=O) groups is 3. The molecule has 8 heteroatoms. The van der Waals surface area contributed by atoms with Gasteiger partial charge in [-0.05, 0) is 54.3 Å². The molecule has 0 atom stereocenters. The quantitative estimate of drug-likeness (QED) is 0.584. The smallest absolute Gasteiger partial charge is 0.265 e. The van der Waals surface area contributed by atoms with E-state index in [9.17, 15) is 14.4 Å². The van der Waals surface area contributed by atoms with Gasteiger partial charge in [0.05, 0.1) is 18.9 Å². The maximum Gasteiger partial charge on any atom is 0.265 e. The van der Waals surface area contributed by atoms with Gasteiger partial charge in [0.25, 0.3) is 5.91 Å². The lowest BCUT2D eigenvalue weighted by Gasteiger charge is -2.32. The standard InChI is InChI=1S/C26H30N2O6/c1-17(2)21-6-5-20(12-18(21)3)33-15-23(29)19-4-7-24-22(13-19)28(26(31)16-34-24)14-25(30)27-8-10-32-11-9-27/h4-7,12-13,17H,8-11,14-16H2,1-3H3. The minimum Gasteiger partial charge on any atom is -0.485 e. The van der Waals surface area contributed by atoms with Crippen molar-refractivity contribution >= 4 is 23.3 Å². The maximum atomic E-state index is 12.9. The Labute approximate surface area is 199 Å². The van der Waals surface area contributed by atoms with Gasteiger partial charge in [0.2, 0.25) is 5.91 Å². The highest BCUT2D eigenvalue weighted by atomic mass is 16.5. The van der Waals surface area contributed by atoms with Gasteiger partial charge in [-0.25, -0.2) is 0 Å². The molecule has 8 nitrogen and oxygen atoms in total. The Kier molecular flexibility index (Phi) is 7.17. The Hall–Kier alpha value is -3.39. The number of morpholine rings is 1. The number of fused-ring (bicyclic) bond motifs is 1. The van der Waals surface area contributed by atoms with Crippen LogP contribution in [-0.2, 0) is 14.3 Å². The fourth-order valence-electron chi connectivity index (χ4n) is 4.21. The average molecular weight is 467 g/mol. The van der Waals surface area contributed by atoms with E-state index >= 15 is 0 Å². The van der Waals surface area contributed by atoms with Crippen LogP contribution < -0.4 is 14.4 Å². The van der Waals surface area contributed by atoms with Gasteiger partial charge in [-0.15, -0.1) is 0 Å². The third-order valence-corrected chi connectivity index (χ3v) is 6.11. The number of nitrogens with zero attached hydrogens (tertiary/aromatic N) is 2. The monoisotopic (exact) mass is 466 g/mol. The van der Waals surface area contributed by atoms with Crippen molar-refractivity contribution < 1.29 is 28.6 Å². The second kappa shape index (κ2) is 10.3. The number of ketones is 1. The van der Waals surface area contributed by atoms with Crippen LogP contribution in [-0.4, -0.2) is 68.6 Å². The van der Waals surface area contributed by atoms with Crippen molar-refractivity contribution in [3.8, 4) is 11.5 Å². The van der Waals surface area contributed by atoms with Crippen LogP contribution in [0, 0.1) is 6.92 Å². The van der Waals surface area contributed by atoms with Gasteiger partial charge in [0, 0.05) is 18.7 Å². The van der Waals surface area contributed by atoms with E-state index in [0.29, 0.717) is 55.0 Å². The Morgan fingerprint density at radius 2 is 1.85 bits per heavy atom. The topological polar surface area (TPSA) is 85.4 Å². The number of Topliss-reactive ketones (excluding diaryl/α,β-unsaturated/α-hetero) is 1. The molecule has 0 aliphatic carbocycles. The molecule has 2 aliphatic heterocycles. The average Bonchev–Trinajstić information content (AvgIpc) is 2.84. The molecule has 1 fully saturated rings. The largest absolute Gasteiger partial charge is 0.485 e. The number of carbonyl (C=O) groups excluding carboxylic acids is 3. The minimum absolute atomic E-state index is 0.106. The fourth-order valence-corrected chi connectivity index (χ4v) is 4.21. The van der Waals surface area contributed by atoms with Crippen molar-refractivity contribution in [1.29, 1.82) is 0 Å². The summed E-state index contributed by atoms with van der Waals surface area (Å²) in [4.78, 5) is 41.2. The first-order chi connectivity index (χ1) is 16.3. The molecule has 0 bridgehead atoms. The van der Waals surface area contributed by atoms with Crippen molar-refractivity contribution in [3.05, 3.63) is 53.1 Å². The van der Waals surface area contributed by atoms with Crippen LogP contribution in [0.4, 0.5) is 5.69 Å². The van der Waals surface area contributed by atoms with Crippen molar-refractivity contribution in [3.63, 3.8) is 0 Å². The molecule has 2 heterocycles. The fraction of sp³-hybridized carbons (Fsp3) is 0.423. The first-order valence-corrected chi connectivity index (χ1v) is 11.5. The lowest BCUT2D eigenvalue weighted by Crippen LogP contribution is -2.49. The Morgan fingerprint density at radius 3 is 2.56 bits per heavy atom. The zero-order chi connectivity index (χ0) is 24.2. The van der Waals surface area contributed by atoms with E-state index in [4.69, 9.17) is 14.2 Å². The van der Waals surface area contributed by atoms with Gasteiger partial charge in [-0.2, -0.15) is 0 Å².